The Kier molecular flexibility index (Phi) is 4.64. The molecule has 0 amide bonds. The molecule has 2 heterocycles. The molecule has 5 fully saturated rings. The van der Waals surface area contributed by atoms with Crippen LogP contribution in [-0.2, 0) is 9.47 Å². The molecule has 4 nitrogen and oxygen atoms in total. The predicted molar refractivity (Wildman–Crippen MR) is 119 cm³/mol. The van der Waals surface area contributed by atoms with Gasteiger partial charge in [-0.2, -0.15) is 0 Å². The minimum atomic E-state index is -0.419. The lowest BCUT2D eigenvalue weighted by atomic mass is 9.46. The van der Waals surface area contributed by atoms with Gasteiger partial charge in [0.1, 0.15) is 0 Å². The van der Waals surface area contributed by atoms with Crippen LogP contribution in [-0.4, -0.2) is 40.9 Å². The SMILES string of the molecule is C[C@H]1CC[C@@]2(OC1)O[C@H]1C[C@@H]3[C@@H]4CC=C5C[C@@H](O)CC[C@]5(C)[C@H]4C[C@@H](O)[C@]3(C)[C@H]1[C@@H]2C. The molecule has 2 aliphatic heterocycles. The molecule has 2 N–H and O–H groups in total. The van der Waals surface area contributed by atoms with E-state index < -0.39 is 5.79 Å². The lowest BCUT2D eigenvalue weighted by Gasteiger charge is -2.60. The Morgan fingerprint density at radius 3 is 2.58 bits per heavy atom. The first-order valence-corrected chi connectivity index (χ1v) is 13.1. The monoisotopic (exact) mass is 430 g/mol. The highest BCUT2D eigenvalue weighted by Crippen LogP contribution is 2.70. The second-order valence-electron chi connectivity index (χ2n) is 12.7. The van der Waals surface area contributed by atoms with Gasteiger partial charge in [0, 0.05) is 23.7 Å². The number of ether oxygens (including phenoxy) is 2. The lowest BCUT2D eigenvalue weighted by molar-refractivity contribution is -0.273. The molecular formula is C27H42O4. The van der Waals surface area contributed by atoms with Gasteiger partial charge in [0.25, 0.3) is 0 Å². The highest BCUT2D eigenvalue weighted by molar-refractivity contribution is 5.27. The number of aliphatic hydroxyl groups is 2. The molecule has 174 valence electrons. The molecular weight excluding hydrogens is 388 g/mol. The third kappa shape index (κ3) is 2.68. The van der Waals surface area contributed by atoms with Crippen molar-refractivity contribution in [2.75, 3.05) is 6.61 Å². The molecule has 6 rings (SSSR count). The van der Waals surface area contributed by atoms with Crippen LogP contribution >= 0.6 is 0 Å². The Labute approximate surface area is 187 Å². The van der Waals surface area contributed by atoms with Gasteiger partial charge in [0.05, 0.1) is 24.9 Å². The maximum atomic E-state index is 11.8. The van der Waals surface area contributed by atoms with Gasteiger partial charge in [0.2, 0.25) is 0 Å². The van der Waals surface area contributed by atoms with E-state index in [9.17, 15) is 10.2 Å². The zero-order valence-electron chi connectivity index (χ0n) is 19.8. The van der Waals surface area contributed by atoms with E-state index in [4.69, 9.17) is 9.47 Å². The van der Waals surface area contributed by atoms with Crippen LogP contribution in [0.4, 0.5) is 0 Å². The minimum Gasteiger partial charge on any atom is -0.393 e. The molecule has 31 heavy (non-hydrogen) atoms. The lowest BCUT2D eigenvalue weighted by Crippen LogP contribution is -2.57. The third-order valence-corrected chi connectivity index (χ3v) is 11.5. The molecule has 0 unspecified atom stereocenters. The number of hydrogen-bond donors (Lipinski definition) is 2. The van der Waals surface area contributed by atoms with Crippen LogP contribution in [0.1, 0.15) is 79.1 Å². The normalized spacial score (nSPS) is 60.7. The summed E-state index contributed by atoms with van der Waals surface area (Å²) in [7, 11) is 0. The molecule has 4 heteroatoms. The van der Waals surface area contributed by atoms with Gasteiger partial charge in [-0.25, -0.2) is 0 Å². The van der Waals surface area contributed by atoms with E-state index in [1.165, 1.54) is 12.0 Å². The quantitative estimate of drug-likeness (QED) is 0.548. The molecule has 6 aliphatic rings. The van der Waals surface area contributed by atoms with Crippen molar-refractivity contribution in [1.82, 2.24) is 0 Å². The fourth-order valence-corrected chi connectivity index (χ4v) is 9.61. The molecule has 0 aromatic heterocycles. The molecule has 0 aromatic rings. The van der Waals surface area contributed by atoms with E-state index in [1.54, 1.807) is 0 Å². The zero-order chi connectivity index (χ0) is 21.8. The smallest absolute Gasteiger partial charge is 0.171 e. The van der Waals surface area contributed by atoms with E-state index in [0.717, 1.165) is 51.6 Å². The molecule has 0 aromatic carbocycles. The van der Waals surface area contributed by atoms with Gasteiger partial charge in [-0.3, -0.25) is 0 Å². The highest BCUT2D eigenvalue weighted by atomic mass is 16.7. The third-order valence-electron chi connectivity index (χ3n) is 11.5. The second-order valence-corrected chi connectivity index (χ2v) is 12.7. The summed E-state index contributed by atoms with van der Waals surface area (Å²) in [6.07, 6.45) is 10.3. The Bertz CT molecular complexity index is 769. The van der Waals surface area contributed by atoms with Crippen molar-refractivity contribution in [3.63, 3.8) is 0 Å². The number of hydrogen-bond acceptors (Lipinski definition) is 4. The van der Waals surface area contributed by atoms with Gasteiger partial charge in [0.15, 0.2) is 5.79 Å². The van der Waals surface area contributed by atoms with Crippen LogP contribution in [0.2, 0.25) is 0 Å². The fraction of sp³-hybridized carbons (Fsp3) is 0.926. The average Bonchev–Trinajstić information content (AvgIpc) is 3.18. The fourth-order valence-electron chi connectivity index (χ4n) is 9.61. The molecule has 1 spiro atoms. The molecule has 3 saturated carbocycles. The Morgan fingerprint density at radius 1 is 1.03 bits per heavy atom. The Hall–Kier alpha value is -0.420. The van der Waals surface area contributed by atoms with Crippen molar-refractivity contribution in [2.45, 2.75) is 103 Å². The van der Waals surface area contributed by atoms with Crippen LogP contribution < -0.4 is 0 Å². The highest BCUT2D eigenvalue weighted by Gasteiger charge is 2.71. The summed E-state index contributed by atoms with van der Waals surface area (Å²) in [6, 6.07) is 0. The number of aliphatic hydroxyl groups excluding tert-OH is 2. The molecule has 2 saturated heterocycles. The Balaban J connectivity index is 1.32. The van der Waals surface area contributed by atoms with Crippen LogP contribution in [0.15, 0.2) is 11.6 Å². The van der Waals surface area contributed by atoms with Crippen LogP contribution in [0, 0.1) is 46.3 Å². The summed E-state index contributed by atoms with van der Waals surface area (Å²) in [5.74, 6) is 2.58. The van der Waals surface area contributed by atoms with Gasteiger partial charge in [-0.15, -0.1) is 0 Å². The maximum Gasteiger partial charge on any atom is 0.171 e. The van der Waals surface area contributed by atoms with E-state index in [-0.39, 0.29) is 29.1 Å². The van der Waals surface area contributed by atoms with E-state index >= 15 is 0 Å². The molecule has 12 atom stereocenters. The Morgan fingerprint density at radius 2 is 1.84 bits per heavy atom. The van der Waals surface area contributed by atoms with Crippen molar-refractivity contribution in [2.24, 2.45) is 46.3 Å². The first-order chi connectivity index (χ1) is 14.7. The van der Waals surface area contributed by atoms with Crippen LogP contribution in [0.5, 0.6) is 0 Å². The van der Waals surface area contributed by atoms with Crippen LogP contribution in [0.25, 0.3) is 0 Å². The summed E-state index contributed by atoms with van der Waals surface area (Å²) in [4.78, 5) is 0. The van der Waals surface area contributed by atoms with Crippen molar-refractivity contribution in [1.29, 1.82) is 0 Å². The topological polar surface area (TPSA) is 58.9 Å². The summed E-state index contributed by atoms with van der Waals surface area (Å²) in [5.41, 5.74) is 1.53. The second kappa shape index (κ2) is 6.81. The summed E-state index contributed by atoms with van der Waals surface area (Å²) in [5, 5.41) is 22.0. The predicted octanol–water partition coefficient (Wildman–Crippen LogP) is 4.68. The first kappa shape index (κ1) is 21.1. The van der Waals surface area contributed by atoms with E-state index in [1.807, 2.05) is 0 Å². The van der Waals surface area contributed by atoms with E-state index in [0.29, 0.717) is 35.5 Å². The van der Waals surface area contributed by atoms with Crippen molar-refractivity contribution in [3.8, 4) is 0 Å². The van der Waals surface area contributed by atoms with Gasteiger partial charge < -0.3 is 19.7 Å². The largest absolute Gasteiger partial charge is 0.393 e. The van der Waals surface area contributed by atoms with E-state index in [2.05, 4.69) is 33.8 Å². The number of allylic oxidation sites excluding steroid dienone is 1. The number of fused-ring (bicyclic) bond motifs is 7. The molecule has 0 bridgehead atoms. The van der Waals surface area contributed by atoms with Gasteiger partial charge in [-0.05, 0) is 74.0 Å². The van der Waals surface area contributed by atoms with Crippen molar-refractivity contribution in [3.05, 3.63) is 11.6 Å². The average molecular weight is 431 g/mol. The standard InChI is InChI=1S/C27H42O4/c1-15-7-10-27(30-14-15)16(2)24-22(31-27)12-21-19-6-5-17-11-18(28)8-9-25(17,3)20(19)13-23(29)26(21,24)4/h5,15-16,18-24,28-29H,6-14H2,1-4H3/t15-,16-,18-,19+,20-,21+,22-,23+,24-,25-,26+,27+/m0/s1. The van der Waals surface area contributed by atoms with Crippen molar-refractivity contribution >= 4 is 0 Å². The summed E-state index contributed by atoms with van der Waals surface area (Å²) in [6.45, 7) is 10.2. The molecule has 4 aliphatic carbocycles. The van der Waals surface area contributed by atoms with Gasteiger partial charge in [-0.1, -0.05) is 39.3 Å². The summed E-state index contributed by atoms with van der Waals surface area (Å²) < 4.78 is 13.2. The van der Waals surface area contributed by atoms with Gasteiger partial charge >= 0.3 is 0 Å². The zero-order valence-corrected chi connectivity index (χ0v) is 19.8. The van der Waals surface area contributed by atoms with Crippen molar-refractivity contribution < 1.29 is 19.7 Å². The minimum absolute atomic E-state index is 0.0863. The van der Waals surface area contributed by atoms with Crippen LogP contribution in [0.3, 0.4) is 0 Å². The molecule has 0 radical (unpaired) electrons. The first-order valence-electron chi connectivity index (χ1n) is 13.1. The summed E-state index contributed by atoms with van der Waals surface area (Å²) >= 11 is 0. The number of rotatable bonds is 0. The maximum absolute atomic E-state index is 11.8.